The molecular formula is C19H18BrN3O3. The molecule has 0 unspecified atom stereocenters. The van der Waals surface area contributed by atoms with Gasteiger partial charge in [-0.3, -0.25) is 4.79 Å². The topological polar surface area (TPSA) is 65.4 Å². The number of aromatic nitrogens is 2. The summed E-state index contributed by atoms with van der Waals surface area (Å²) in [7, 11) is 1.59. The third kappa shape index (κ3) is 4.23. The summed E-state index contributed by atoms with van der Waals surface area (Å²) < 4.78 is 13.2. The molecule has 1 atom stereocenters. The van der Waals surface area contributed by atoms with Gasteiger partial charge in [-0.2, -0.15) is 0 Å². The minimum absolute atomic E-state index is 0.267. The minimum atomic E-state index is -0.715. The van der Waals surface area contributed by atoms with Crippen molar-refractivity contribution in [1.82, 2.24) is 9.78 Å². The monoisotopic (exact) mass is 415 g/mol. The van der Waals surface area contributed by atoms with Gasteiger partial charge in [0.25, 0.3) is 5.91 Å². The highest BCUT2D eigenvalue weighted by Crippen LogP contribution is 2.25. The zero-order valence-electron chi connectivity index (χ0n) is 14.3. The first-order valence-electron chi connectivity index (χ1n) is 7.99. The van der Waals surface area contributed by atoms with Crippen molar-refractivity contribution < 1.29 is 14.3 Å². The molecule has 3 rings (SSSR count). The van der Waals surface area contributed by atoms with Gasteiger partial charge in [0, 0.05) is 11.9 Å². The molecule has 2 aromatic carbocycles. The van der Waals surface area contributed by atoms with Crippen LogP contribution in [0.4, 0.5) is 5.69 Å². The Morgan fingerprint density at radius 2 is 1.85 bits per heavy atom. The van der Waals surface area contributed by atoms with Crippen LogP contribution in [0.5, 0.6) is 11.6 Å². The largest absolute Gasteiger partial charge is 0.497 e. The van der Waals surface area contributed by atoms with Gasteiger partial charge in [0.05, 0.1) is 17.3 Å². The first-order chi connectivity index (χ1) is 12.6. The van der Waals surface area contributed by atoms with E-state index >= 15 is 0 Å². The number of nitrogens with one attached hydrogen (secondary N) is 1. The van der Waals surface area contributed by atoms with Gasteiger partial charge in [0.15, 0.2) is 6.10 Å². The summed E-state index contributed by atoms with van der Waals surface area (Å²) in [4.78, 5) is 12.3. The second-order valence-electron chi connectivity index (χ2n) is 5.54. The molecule has 0 saturated heterocycles. The van der Waals surface area contributed by atoms with E-state index in [2.05, 4.69) is 26.3 Å². The Balaban J connectivity index is 1.66. The van der Waals surface area contributed by atoms with Gasteiger partial charge in [0.2, 0.25) is 5.88 Å². The van der Waals surface area contributed by atoms with Crippen LogP contribution in [0.3, 0.4) is 0 Å². The number of nitrogens with zero attached hydrogens (tertiary/aromatic N) is 2. The molecule has 0 aliphatic rings. The first kappa shape index (κ1) is 18.0. The summed E-state index contributed by atoms with van der Waals surface area (Å²) in [6.45, 7) is 1.67. The van der Waals surface area contributed by atoms with Crippen molar-refractivity contribution in [1.29, 1.82) is 0 Å². The summed E-state index contributed by atoms with van der Waals surface area (Å²) in [5.74, 6) is 0.810. The number of para-hydroxylation sites is 1. The smallest absolute Gasteiger partial charge is 0.265 e. The standard InChI is InChI=1S/C19H18BrN3O3/c1-13(18(24)21-14-8-10-16(25-2)11-9-14)26-19-17(20)12-23(22-19)15-6-4-3-5-7-15/h3-13H,1-2H3,(H,21,24)/t13-/m1/s1. The predicted molar refractivity (Wildman–Crippen MR) is 103 cm³/mol. The van der Waals surface area contributed by atoms with E-state index in [9.17, 15) is 4.79 Å². The Hall–Kier alpha value is -2.80. The van der Waals surface area contributed by atoms with E-state index in [0.717, 1.165) is 11.4 Å². The number of anilines is 1. The van der Waals surface area contributed by atoms with E-state index in [0.29, 0.717) is 16.0 Å². The molecule has 0 radical (unpaired) electrons. The molecule has 3 aromatic rings. The fourth-order valence-electron chi connectivity index (χ4n) is 2.27. The molecule has 134 valence electrons. The fourth-order valence-corrected chi connectivity index (χ4v) is 2.64. The molecule has 0 spiro atoms. The highest BCUT2D eigenvalue weighted by Gasteiger charge is 2.19. The van der Waals surface area contributed by atoms with Gasteiger partial charge in [0.1, 0.15) is 5.75 Å². The van der Waals surface area contributed by atoms with Crippen LogP contribution in [-0.4, -0.2) is 28.9 Å². The number of benzene rings is 2. The Kier molecular flexibility index (Phi) is 5.58. The van der Waals surface area contributed by atoms with Crippen LogP contribution >= 0.6 is 15.9 Å². The average Bonchev–Trinajstić information content (AvgIpc) is 3.03. The van der Waals surface area contributed by atoms with Crippen molar-refractivity contribution in [3.05, 3.63) is 65.3 Å². The molecule has 7 heteroatoms. The third-order valence-electron chi connectivity index (χ3n) is 3.67. The number of carbonyl (C=O) groups is 1. The maximum atomic E-state index is 12.3. The van der Waals surface area contributed by atoms with Crippen molar-refractivity contribution in [2.75, 3.05) is 12.4 Å². The summed E-state index contributed by atoms with van der Waals surface area (Å²) in [5, 5.41) is 7.18. The maximum Gasteiger partial charge on any atom is 0.265 e. The Morgan fingerprint density at radius 1 is 1.15 bits per heavy atom. The lowest BCUT2D eigenvalue weighted by molar-refractivity contribution is -0.122. The number of hydrogen-bond acceptors (Lipinski definition) is 4. The molecule has 6 nitrogen and oxygen atoms in total. The van der Waals surface area contributed by atoms with E-state index in [1.165, 1.54) is 0 Å². The van der Waals surface area contributed by atoms with Crippen LogP contribution in [0.1, 0.15) is 6.92 Å². The van der Waals surface area contributed by atoms with Crippen molar-refractivity contribution in [3.8, 4) is 17.3 Å². The molecule has 0 fully saturated rings. The Labute approximate surface area is 159 Å². The predicted octanol–water partition coefficient (Wildman–Crippen LogP) is 4.05. The van der Waals surface area contributed by atoms with E-state index in [4.69, 9.17) is 9.47 Å². The molecule has 1 aromatic heterocycles. The van der Waals surface area contributed by atoms with Crippen LogP contribution in [0.25, 0.3) is 5.69 Å². The first-order valence-corrected chi connectivity index (χ1v) is 8.78. The molecular weight excluding hydrogens is 398 g/mol. The number of halogens is 1. The lowest BCUT2D eigenvalue weighted by Crippen LogP contribution is -2.30. The molecule has 0 aliphatic carbocycles. The van der Waals surface area contributed by atoms with Gasteiger partial charge >= 0.3 is 0 Å². The molecule has 1 N–H and O–H groups in total. The number of hydrogen-bond donors (Lipinski definition) is 1. The highest BCUT2D eigenvalue weighted by atomic mass is 79.9. The lowest BCUT2D eigenvalue weighted by atomic mass is 10.3. The van der Waals surface area contributed by atoms with E-state index in [-0.39, 0.29) is 5.91 Å². The van der Waals surface area contributed by atoms with Crippen molar-refractivity contribution in [2.45, 2.75) is 13.0 Å². The van der Waals surface area contributed by atoms with E-state index < -0.39 is 6.10 Å². The molecule has 0 bridgehead atoms. The zero-order valence-corrected chi connectivity index (χ0v) is 15.9. The lowest BCUT2D eigenvalue weighted by Gasteiger charge is -2.13. The number of ether oxygens (including phenoxy) is 2. The number of amides is 1. The summed E-state index contributed by atoms with van der Waals surface area (Å²) in [5.41, 5.74) is 1.57. The summed E-state index contributed by atoms with van der Waals surface area (Å²) in [6, 6.07) is 16.7. The van der Waals surface area contributed by atoms with Crippen molar-refractivity contribution in [2.24, 2.45) is 0 Å². The SMILES string of the molecule is COc1ccc(NC(=O)[C@@H](C)Oc2nn(-c3ccccc3)cc2Br)cc1. The van der Waals surface area contributed by atoms with Crippen LogP contribution in [-0.2, 0) is 4.79 Å². The van der Waals surface area contributed by atoms with Gasteiger partial charge in [-0.15, -0.1) is 5.10 Å². The van der Waals surface area contributed by atoms with Gasteiger partial charge < -0.3 is 14.8 Å². The molecule has 1 amide bonds. The van der Waals surface area contributed by atoms with Crippen LogP contribution in [0.15, 0.2) is 65.3 Å². The second kappa shape index (κ2) is 8.05. The molecule has 1 heterocycles. The van der Waals surface area contributed by atoms with Crippen molar-refractivity contribution in [3.63, 3.8) is 0 Å². The van der Waals surface area contributed by atoms with Crippen LogP contribution in [0.2, 0.25) is 0 Å². The Bertz CT molecular complexity index is 879. The molecule has 0 aliphatic heterocycles. The quantitative estimate of drug-likeness (QED) is 0.659. The van der Waals surface area contributed by atoms with E-state index in [1.807, 2.05) is 30.3 Å². The van der Waals surface area contributed by atoms with Gasteiger partial charge in [-0.1, -0.05) is 18.2 Å². The van der Waals surface area contributed by atoms with Crippen molar-refractivity contribution >= 4 is 27.5 Å². The van der Waals surface area contributed by atoms with Gasteiger partial charge in [-0.05, 0) is 59.3 Å². The molecule has 26 heavy (non-hydrogen) atoms. The van der Waals surface area contributed by atoms with Crippen LogP contribution < -0.4 is 14.8 Å². The summed E-state index contributed by atoms with van der Waals surface area (Å²) >= 11 is 3.42. The number of rotatable bonds is 6. The van der Waals surface area contributed by atoms with E-state index in [1.54, 1.807) is 49.2 Å². The van der Waals surface area contributed by atoms with Crippen LogP contribution in [0, 0.1) is 0 Å². The fraction of sp³-hybridized carbons (Fsp3) is 0.158. The normalized spacial score (nSPS) is 11.7. The number of carbonyl (C=O) groups excluding carboxylic acids is 1. The Morgan fingerprint density at radius 3 is 2.50 bits per heavy atom. The second-order valence-corrected chi connectivity index (χ2v) is 6.39. The summed E-state index contributed by atoms with van der Waals surface area (Å²) in [6.07, 6.45) is 1.08. The maximum absolute atomic E-state index is 12.3. The average molecular weight is 416 g/mol. The molecule has 0 saturated carbocycles. The zero-order chi connectivity index (χ0) is 18.5. The highest BCUT2D eigenvalue weighted by molar-refractivity contribution is 9.10. The third-order valence-corrected chi connectivity index (χ3v) is 4.22. The number of methoxy groups -OCH3 is 1. The minimum Gasteiger partial charge on any atom is -0.497 e. The van der Waals surface area contributed by atoms with Gasteiger partial charge in [-0.25, -0.2) is 4.68 Å².